The Morgan fingerprint density at radius 2 is 2.39 bits per heavy atom. The topological polar surface area (TPSA) is 108 Å². The maximum atomic E-state index is 12.0. The lowest BCUT2D eigenvalue weighted by atomic mass is 10.3. The van der Waals surface area contributed by atoms with E-state index in [2.05, 4.69) is 9.71 Å². The highest BCUT2D eigenvalue weighted by Gasteiger charge is 2.24. The summed E-state index contributed by atoms with van der Waals surface area (Å²) in [6.45, 7) is 1.54. The number of hydrogen-bond acceptors (Lipinski definition) is 6. The highest BCUT2D eigenvalue weighted by atomic mass is 32.2. The van der Waals surface area contributed by atoms with Gasteiger partial charge in [-0.25, -0.2) is 18.1 Å². The predicted molar refractivity (Wildman–Crippen MR) is 63.4 cm³/mol. The first-order valence-corrected chi connectivity index (χ1v) is 6.95. The maximum absolute atomic E-state index is 12.0. The van der Waals surface area contributed by atoms with E-state index >= 15 is 0 Å². The van der Waals surface area contributed by atoms with Crippen LogP contribution in [-0.2, 0) is 26.5 Å². The highest BCUT2D eigenvalue weighted by molar-refractivity contribution is 7.89. The summed E-state index contributed by atoms with van der Waals surface area (Å²) in [6, 6.07) is 0. The summed E-state index contributed by atoms with van der Waals surface area (Å²) in [7, 11) is -2.12. The maximum Gasteiger partial charge on any atom is 0.260 e. The van der Waals surface area contributed by atoms with Crippen molar-refractivity contribution in [2.24, 2.45) is 7.05 Å². The molecule has 18 heavy (non-hydrogen) atoms. The summed E-state index contributed by atoms with van der Waals surface area (Å²) in [5, 5.41) is -0.0424. The van der Waals surface area contributed by atoms with Gasteiger partial charge in [0.25, 0.3) is 10.0 Å². The van der Waals surface area contributed by atoms with Crippen LogP contribution in [0, 0.1) is 0 Å². The number of nitrogen functional groups attached to an aromatic ring is 1. The molecule has 1 aliphatic rings. The largest absolute Gasteiger partial charge is 0.381 e. The lowest BCUT2D eigenvalue weighted by molar-refractivity contribution is -0.0847. The molecule has 0 bridgehead atoms. The molecule has 1 aromatic rings. The summed E-state index contributed by atoms with van der Waals surface area (Å²) in [6.07, 6.45) is 1.08. The number of ether oxygens (including phenoxy) is 2. The molecule has 3 N–H and O–H groups in total. The van der Waals surface area contributed by atoms with Gasteiger partial charge in [0, 0.05) is 13.6 Å². The molecule has 2 rings (SSSR count). The second kappa shape index (κ2) is 5.22. The molecule has 0 radical (unpaired) electrons. The normalized spacial score (nSPS) is 21.1. The third-order valence-electron chi connectivity index (χ3n) is 2.55. The van der Waals surface area contributed by atoms with Gasteiger partial charge < -0.3 is 19.8 Å². The van der Waals surface area contributed by atoms with Crippen molar-refractivity contribution >= 4 is 15.8 Å². The summed E-state index contributed by atoms with van der Waals surface area (Å²) in [5.74, 6) is -0.0224. The standard InChI is InChI=1S/C9H16N4O4S/c1-13-6-11-8(10)9(13)18(14,15)12-4-7-5-16-2-3-17-7/h6-7,12H,2-5,10H2,1H3. The lowest BCUT2D eigenvalue weighted by Gasteiger charge is -2.23. The molecule has 9 heteroatoms. The average molecular weight is 276 g/mol. The number of rotatable bonds is 4. The van der Waals surface area contributed by atoms with E-state index in [1.165, 1.54) is 10.9 Å². The fraction of sp³-hybridized carbons (Fsp3) is 0.667. The summed E-state index contributed by atoms with van der Waals surface area (Å²) >= 11 is 0. The Morgan fingerprint density at radius 1 is 1.61 bits per heavy atom. The minimum absolute atomic E-state index is 0.0224. The quantitative estimate of drug-likeness (QED) is 0.707. The molecule has 1 fully saturated rings. The van der Waals surface area contributed by atoms with Gasteiger partial charge in [-0.15, -0.1) is 0 Å². The Balaban J connectivity index is 2.03. The molecular formula is C9H16N4O4S. The van der Waals surface area contributed by atoms with E-state index in [4.69, 9.17) is 15.2 Å². The van der Waals surface area contributed by atoms with Crippen molar-refractivity contribution in [2.45, 2.75) is 11.1 Å². The van der Waals surface area contributed by atoms with Gasteiger partial charge in [0.1, 0.15) is 0 Å². The third-order valence-corrected chi connectivity index (χ3v) is 4.10. The number of anilines is 1. The van der Waals surface area contributed by atoms with Gasteiger partial charge in [0.2, 0.25) is 0 Å². The van der Waals surface area contributed by atoms with Crippen LogP contribution in [0.1, 0.15) is 0 Å². The summed E-state index contributed by atoms with van der Waals surface area (Å²) in [4.78, 5) is 3.74. The predicted octanol–water partition coefficient (Wildman–Crippen LogP) is -1.30. The van der Waals surface area contributed by atoms with Crippen LogP contribution in [0.15, 0.2) is 11.4 Å². The molecule has 8 nitrogen and oxygen atoms in total. The Bertz CT molecular complexity index is 487. The van der Waals surface area contributed by atoms with E-state index in [-0.39, 0.29) is 23.5 Å². The van der Waals surface area contributed by atoms with Gasteiger partial charge in [-0.3, -0.25) is 0 Å². The molecule has 1 unspecified atom stereocenters. The first kappa shape index (κ1) is 13.3. The molecule has 2 heterocycles. The number of nitrogens with two attached hydrogens (primary N) is 1. The molecule has 0 saturated carbocycles. The Hall–Kier alpha value is -1.16. The van der Waals surface area contributed by atoms with Gasteiger partial charge in [0.05, 0.1) is 32.3 Å². The Morgan fingerprint density at radius 3 is 2.94 bits per heavy atom. The number of aryl methyl sites for hydroxylation is 1. The first-order valence-electron chi connectivity index (χ1n) is 5.46. The van der Waals surface area contributed by atoms with E-state index in [0.29, 0.717) is 19.8 Å². The number of aromatic nitrogens is 2. The fourth-order valence-electron chi connectivity index (χ4n) is 1.69. The minimum Gasteiger partial charge on any atom is -0.381 e. The number of imidazole rings is 1. The van der Waals surface area contributed by atoms with Crippen molar-refractivity contribution in [1.29, 1.82) is 0 Å². The smallest absolute Gasteiger partial charge is 0.260 e. The van der Waals surface area contributed by atoms with Crippen molar-refractivity contribution in [2.75, 3.05) is 32.1 Å². The lowest BCUT2D eigenvalue weighted by Crippen LogP contribution is -2.40. The number of hydrogen-bond donors (Lipinski definition) is 2. The zero-order chi connectivity index (χ0) is 13.2. The van der Waals surface area contributed by atoms with Crippen LogP contribution in [0.4, 0.5) is 5.82 Å². The van der Waals surface area contributed by atoms with E-state index in [0.717, 1.165) is 0 Å². The molecule has 1 saturated heterocycles. The van der Waals surface area contributed by atoms with Gasteiger partial charge >= 0.3 is 0 Å². The second-order valence-electron chi connectivity index (χ2n) is 3.97. The van der Waals surface area contributed by atoms with Gasteiger partial charge in [-0.05, 0) is 0 Å². The third kappa shape index (κ3) is 2.80. The van der Waals surface area contributed by atoms with Gasteiger partial charge in [0.15, 0.2) is 10.8 Å². The van der Waals surface area contributed by atoms with Crippen LogP contribution in [-0.4, -0.2) is 50.4 Å². The molecule has 1 aliphatic heterocycles. The average Bonchev–Trinajstić information content (AvgIpc) is 2.69. The fourth-order valence-corrected chi connectivity index (χ4v) is 2.99. The van der Waals surface area contributed by atoms with Crippen LogP contribution in [0.5, 0.6) is 0 Å². The zero-order valence-corrected chi connectivity index (χ0v) is 10.8. The number of sulfonamides is 1. The minimum atomic E-state index is -3.69. The second-order valence-corrected chi connectivity index (χ2v) is 5.65. The number of nitrogens with one attached hydrogen (secondary N) is 1. The highest BCUT2D eigenvalue weighted by Crippen LogP contribution is 2.15. The van der Waals surface area contributed by atoms with Crippen molar-refractivity contribution in [1.82, 2.24) is 14.3 Å². The van der Waals surface area contributed by atoms with E-state index in [1.807, 2.05) is 0 Å². The van der Waals surface area contributed by atoms with Crippen molar-refractivity contribution in [3.63, 3.8) is 0 Å². The van der Waals surface area contributed by atoms with E-state index in [9.17, 15) is 8.42 Å². The molecule has 0 aromatic carbocycles. The van der Waals surface area contributed by atoms with Gasteiger partial charge in [-0.1, -0.05) is 0 Å². The van der Waals surface area contributed by atoms with Crippen LogP contribution >= 0.6 is 0 Å². The van der Waals surface area contributed by atoms with Crippen LogP contribution in [0.2, 0.25) is 0 Å². The monoisotopic (exact) mass is 276 g/mol. The Kier molecular flexibility index (Phi) is 3.85. The molecule has 0 aliphatic carbocycles. The Labute approximate surface area is 105 Å². The van der Waals surface area contributed by atoms with Crippen LogP contribution < -0.4 is 10.5 Å². The summed E-state index contributed by atoms with van der Waals surface area (Å²) < 4.78 is 38.4. The van der Waals surface area contributed by atoms with Crippen molar-refractivity contribution in [3.8, 4) is 0 Å². The number of nitrogens with zero attached hydrogens (tertiary/aromatic N) is 2. The van der Waals surface area contributed by atoms with Crippen molar-refractivity contribution in [3.05, 3.63) is 6.33 Å². The molecule has 1 aromatic heterocycles. The van der Waals surface area contributed by atoms with Crippen LogP contribution in [0.25, 0.3) is 0 Å². The SMILES string of the molecule is Cn1cnc(N)c1S(=O)(=O)NCC1COCCO1. The van der Waals surface area contributed by atoms with Crippen LogP contribution in [0.3, 0.4) is 0 Å². The molecule has 1 atom stereocenters. The summed E-state index contributed by atoms with van der Waals surface area (Å²) in [5.41, 5.74) is 5.53. The molecular weight excluding hydrogens is 260 g/mol. The molecule has 0 amide bonds. The van der Waals surface area contributed by atoms with Gasteiger partial charge in [-0.2, -0.15) is 0 Å². The zero-order valence-electron chi connectivity index (χ0n) is 10.00. The first-order chi connectivity index (χ1) is 8.50. The molecule has 102 valence electrons. The van der Waals surface area contributed by atoms with E-state index in [1.54, 1.807) is 7.05 Å². The van der Waals surface area contributed by atoms with Crippen molar-refractivity contribution < 1.29 is 17.9 Å². The van der Waals surface area contributed by atoms with E-state index < -0.39 is 10.0 Å². The molecule has 0 spiro atoms.